The van der Waals surface area contributed by atoms with E-state index in [-0.39, 0.29) is 35.1 Å². The van der Waals surface area contributed by atoms with Gasteiger partial charge in [0.1, 0.15) is 0 Å². The van der Waals surface area contributed by atoms with E-state index in [1.807, 2.05) is 6.07 Å². The molecule has 2 spiro atoms. The fourth-order valence-corrected chi connectivity index (χ4v) is 11.5. The van der Waals surface area contributed by atoms with Crippen LogP contribution in [-0.4, -0.2) is 75.2 Å². The van der Waals surface area contributed by atoms with E-state index >= 15 is 0 Å². The van der Waals surface area contributed by atoms with Crippen LogP contribution in [0.5, 0.6) is 0 Å². The van der Waals surface area contributed by atoms with Crippen LogP contribution >= 0.6 is 11.3 Å². The van der Waals surface area contributed by atoms with E-state index < -0.39 is 28.6 Å². The van der Waals surface area contributed by atoms with E-state index in [1.165, 1.54) is 4.88 Å². The first-order valence-electron chi connectivity index (χ1n) is 16.5. The summed E-state index contributed by atoms with van der Waals surface area (Å²) >= 11 is 1.71. The van der Waals surface area contributed by atoms with E-state index in [0.717, 1.165) is 44.1 Å². The number of allylic oxidation sites excluding steroid dienone is 4. The van der Waals surface area contributed by atoms with Gasteiger partial charge in [-0.2, -0.15) is 0 Å². The Labute approximate surface area is 264 Å². The highest BCUT2D eigenvalue weighted by atomic mass is 32.1. The molecule has 4 N–H and O–H groups in total. The van der Waals surface area contributed by atoms with Crippen LogP contribution in [-0.2, 0) is 6.42 Å². The number of furan rings is 1. The van der Waals surface area contributed by atoms with Gasteiger partial charge in [0.05, 0.1) is 30.7 Å². The van der Waals surface area contributed by atoms with Gasteiger partial charge in [-0.1, -0.05) is 38.1 Å². The normalized spacial score (nSPS) is 41.2. The van der Waals surface area contributed by atoms with Crippen molar-refractivity contribution in [2.75, 3.05) is 26.2 Å². The minimum absolute atomic E-state index is 0.0454. The van der Waals surface area contributed by atoms with Crippen LogP contribution in [0.15, 0.2) is 64.1 Å². The lowest BCUT2D eigenvalue weighted by atomic mass is 9.32. The first kappa shape index (κ1) is 30.6. The topological polar surface area (TPSA) is 114 Å². The average molecular weight is 622 g/mol. The summed E-state index contributed by atoms with van der Waals surface area (Å²) in [5.41, 5.74) is -1.71. The lowest BCUT2D eigenvalue weighted by Crippen LogP contribution is -2.67. The molecule has 3 fully saturated rings. The van der Waals surface area contributed by atoms with Gasteiger partial charge in [-0.15, -0.1) is 11.3 Å². The number of Topliss-reactive ketones (excluding diaryl/α,β-unsaturated/α-hetero) is 1. The number of rotatable bonds is 10. The molecule has 8 rings (SSSR count). The average Bonchev–Trinajstić information content (AvgIpc) is 3.77. The number of carbonyl (C=O) groups excluding carboxylic acids is 1. The van der Waals surface area contributed by atoms with Gasteiger partial charge in [-0.05, 0) is 92.2 Å². The molecule has 0 radical (unpaired) electrons. The Morgan fingerprint density at radius 3 is 2.59 bits per heavy atom. The number of hydrogen-bond acceptors (Lipinski definition) is 8. The van der Waals surface area contributed by atoms with Gasteiger partial charge >= 0.3 is 0 Å². The SMILES string of the molecule is CC12CCC(O)CC13C=CC1(C(C(=O)c4ccco4)=C3)C2CCC2(C)C1CCC2(O)CN(CCc1cccs1)CC(O)CO. The van der Waals surface area contributed by atoms with Crippen LogP contribution in [0.4, 0.5) is 0 Å². The highest BCUT2D eigenvalue weighted by Gasteiger charge is 2.74. The van der Waals surface area contributed by atoms with Gasteiger partial charge in [0.25, 0.3) is 0 Å². The third-order valence-corrected chi connectivity index (χ3v) is 14.1. The third kappa shape index (κ3) is 4.28. The molecule has 6 aliphatic carbocycles. The van der Waals surface area contributed by atoms with E-state index in [1.54, 1.807) is 29.7 Å². The van der Waals surface area contributed by atoms with Crippen molar-refractivity contribution >= 4 is 17.1 Å². The van der Waals surface area contributed by atoms with Crippen LogP contribution in [0.25, 0.3) is 0 Å². The van der Waals surface area contributed by atoms with Gasteiger partial charge < -0.3 is 24.8 Å². The molecule has 44 heavy (non-hydrogen) atoms. The molecule has 2 aromatic rings. The van der Waals surface area contributed by atoms with E-state index in [0.29, 0.717) is 38.2 Å². The van der Waals surface area contributed by atoms with Gasteiger partial charge in [0, 0.05) is 46.3 Å². The predicted octanol–water partition coefficient (Wildman–Crippen LogP) is 5.01. The molecule has 6 aliphatic rings. The van der Waals surface area contributed by atoms with Crippen molar-refractivity contribution in [1.29, 1.82) is 0 Å². The molecule has 9 unspecified atom stereocenters. The summed E-state index contributed by atoms with van der Waals surface area (Å²) in [7, 11) is 0. The van der Waals surface area contributed by atoms with Gasteiger partial charge in [-0.25, -0.2) is 0 Å². The number of ketones is 1. The minimum atomic E-state index is -1.02. The molecule has 2 heterocycles. The molecular formula is C36H47NO6S. The standard InChI is InChI=1S/C36H47NO6S/c1-32-11-7-24(39)19-34(32)14-15-36(27(20-34)31(41)28-6-3-17-43-28)29(32)8-12-33(2)30(36)9-13-35(33,42)23-37(21-25(40)22-38)16-10-26-5-4-18-44-26/h3-6,14-15,17-18,20,24-25,29-30,38-40,42H,7-13,16,19,21-23H2,1-2H3. The fraction of sp³-hybridized carbons (Fsp3) is 0.639. The number of hydrogen-bond donors (Lipinski definition) is 4. The summed E-state index contributed by atoms with van der Waals surface area (Å²) in [5, 5.41) is 45.8. The quantitative estimate of drug-likeness (QED) is 0.218. The van der Waals surface area contributed by atoms with E-state index in [4.69, 9.17) is 4.42 Å². The van der Waals surface area contributed by atoms with Crippen LogP contribution in [0.1, 0.15) is 74.2 Å². The molecule has 238 valence electrons. The van der Waals surface area contributed by atoms with Crippen molar-refractivity contribution < 1.29 is 29.6 Å². The number of fused-ring (bicyclic) bond motifs is 1. The number of nitrogens with zero attached hydrogens (tertiary/aromatic N) is 1. The summed E-state index contributed by atoms with van der Waals surface area (Å²) in [6, 6.07) is 7.66. The first-order valence-corrected chi connectivity index (χ1v) is 17.3. The van der Waals surface area contributed by atoms with Crippen molar-refractivity contribution in [3.05, 3.63) is 70.3 Å². The zero-order chi connectivity index (χ0) is 31.0. The highest BCUT2D eigenvalue weighted by molar-refractivity contribution is 7.09. The zero-order valence-electron chi connectivity index (χ0n) is 26.0. The second-order valence-electron chi connectivity index (χ2n) is 15.0. The zero-order valence-corrected chi connectivity index (χ0v) is 26.8. The van der Waals surface area contributed by atoms with Crippen LogP contribution in [0, 0.1) is 33.5 Å². The third-order valence-electron chi connectivity index (χ3n) is 13.1. The van der Waals surface area contributed by atoms with E-state index in [2.05, 4.69) is 48.4 Å². The monoisotopic (exact) mass is 621 g/mol. The van der Waals surface area contributed by atoms with Crippen molar-refractivity contribution in [2.24, 2.45) is 33.5 Å². The van der Waals surface area contributed by atoms with Crippen molar-refractivity contribution in [1.82, 2.24) is 4.90 Å². The summed E-state index contributed by atoms with van der Waals surface area (Å²) in [4.78, 5) is 17.8. The maximum absolute atomic E-state index is 14.4. The summed E-state index contributed by atoms with van der Waals surface area (Å²) in [5.74, 6) is 0.536. The molecular weight excluding hydrogens is 574 g/mol. The lowest BCUT2D eigenvalue weighted by Gasteiger charge is -2.71. The maximum atomic E-state index is 14.4. The molecule has 3 saturated carbocycles. The maximum Gasteiger partial charge on any atom is 0.224 e. The fourth-order valence-electron chi connectivity index (χ4n) is 10.8. The smallest absolute Gasteiger partial charge is 0.224 e. The molecule has 2 bridgehead atoms. The molecule has 7 nitrogen and oxygen atoms in total. The molecule has 0 aliphatic heterocycles. The second-order valence-corrected chi connectivity index (χ2v) is 16.0. The molecule has 9 atom stereocenters. The van der Waals surface area contributed by atoms with Crippen molar-refractivity contribution in [3.63, 3.8) is 0 Å². The van der Waals surface area contributed by atoms with Crippen LogP contribution in [0.2, 0.25) is 0 Å². The van der Waals surface area contributed by atoms with Gasteiger partial charge in [-0.3, -0.25) is 9.69 Å². The number of carbonyl (C=O) groups is 1. The Bertz CT molecular complexity index is 1440. The number of thiophene rings is 1. The first-order chi connectivity index (χ1) is 21.0. The minimum Gasteiger partial charge on any atom is -0.461 e. The van der Waals surface area contributed by atoms with Crippen molar-refractivity contribution in [3.8, 4) is 0 Å². The molecule has 0 aromatic carbocycles. The lowest BCUT2D eigenvalue weighted by molar-refractivity contribution is -0.177. The number of aliphatic hydroxyl groups is 4. The number of aliphatic hydroxyl groups excluding tert-OH is 3. The highest BCUT2D eigenvalue weighted by Crippen LogP contribution is 2.78. The van der Waals surface area contributed by atoms with Gasteiger partial charge in [0.15, 0.2) is 5.76 Å². The Morgan fingerprint density at radius 1 is 1.09 bits per heavy atom. The Hall–Kier alpha value is -2.07. The second kappa shape index (κ2) is 10.7. The Morgan fingerprint density at radius 2 is 1.86 bits per heavy atom. The Balaban J connectivity index is 1.27. The predicted molar refractivity (Wildman–Crippen MR) is 169 cm³/mol. The largest absolute Gasteiger partial charge is 0.461 e. The molecule has 2 aromatic heterocycles. The Kier molecular flexibility index (Phi) is 7.47. The van der Waals surface area contributed by atoms with E-state index in [9.17, 15) is 25.2 Å². The van der Waals surface area contributed by atoms with Crippen LogP contribution < -0.4 is 0 Å². The van der Waals surface area contributed by atoms with Crippen LogP contribution in [0.3, 0.4) is 0 Å². The molecule has 8 heteroatoms. The van der Waals surface area contributed by atoms with Crippen molar-refractivity contribution in [2.45, 2.75) is 83.0 Å². The van der Waals surface area contributed by atoms with Gasteiger partial charge in [0.2, 0.25) is 5.78 Å². The molecule has 0 amide bonds. The summed E-state index contributed by atoms with van der Waals surface area (Å²) < 4.78 is 5.68. The summed E-state index contributed by atoms with van der Waals surface area (Å²) in [6.45, 7) is 5.69. The summed E-state index contributed by atoms with van der Waals surface area (Å²) in [6.07, 6.45) is 13.4. The molecule has 0 saturated heterocycles.